The van der Waals surface area contributed by atoms with E-state index < -0.39 is 0 Å². The number of carbonyl (C=O) groups is 2. The van der Waals surface area contributed by atoms with E-state index in [-0.39, 0.29) is 23.8 Å². The lowest BCUT2D eigenvalue weighted by Crippen LogP contribution is -2.20. The van der Waals surface area contributed by atoms with Crippen molar-refractivity contribution < 1.29 is 14.3 Å². The van der Waals surface area contributed by atoms with Gasteiger partial charge in [-0.2, -0.15) is 0 Å². The number of unbranched alkanes of at least 4 members (excludes halogenated alkanes) is 10. The number of ether oxygens (including phenoxy) is 1. The molecule has 1 aliphatic heterocycles. The van der Waals surface area contributed by atoms with Crippen LogP contribution in [0.4, 0.5) is 0 Å². The third-order valence-corrected chi connectivity index (χ3v) is 5.54. The SMILES string of the molecule is CCCCCCCC[C@H]1CC[C@H](CCCCCCCC)C(=O)OC1=O. The van der Waals surface area contributed by atoms with Gasteiger partial charge in [0.25, 0.3) is 0 Å². The fraction of sp³-hybridized carbons (Fsp3) is 0.909. The van der Waals surface area contributed by atoms with Crippen LogP contribution in [-0.4, -0.2) is 11.9 Å². The molecular weight excluding hydrogens is 312 g/mol. The molecule has 0 radical (unpaired) electrons. The van der Waals surface area contributed by atoms with E-state index in [0.717, 1.165) is 38.5 Å². The molecule has 3 heteroatoms. The Hall–Kier alpha value is -0.860. The average Bonchev–Trinajstić information content (AvgIpc) is 2.73. The number of cyclic esters (lactones) is 2. The van der Waals surface area contributed by atoms with Gasteiger partial charge in [-0.05, 0) is 25.7 Å². The predicted molar refractivity (Wildman–Crippen MR) is 103 cm³/mol. The summed E-state index contributed by atoms with van der Waals surface area (Å²) in [6.07, 6.45) is 18.2. The summed E-state index contributed by atoms with van der Waals surface area (Å²) >= 11 is 0. The predicted octanol–water partition coefficient (Wildman–Crippen LogP) is 6.58. The summed E-state index contributed by atoms with van der Waals surface area (Å²) < 4.78 is 5.15. The topological polar surface area (TPSA) is 43.4 Å². The highest BCUT2D eigenvalue weighted by Gasteiger charge is 2.32. The Morgan fingerprint density at radius 2 is 1.00 bits per heavy atom. The van der Waals surface area contributed by atoms with E-state index >= 15 is 0 Å². The number of hydrogen-bond acceptors (Lipinski definition) is 3. The van der Waals surface area contributed by atoms with E-state index in [9.17, 15) is 9.59 Å². The van der Waals surface area contributed by atoms with Crippen molar-refractivity contribution in [2.45, 2.75) is 117 Å². The van der Waals surface area contributed by atoms with E-state index in [1.54, 1.807) is 0 Å². The van der Waals surface area contributed by atoms with E-state index in [1.165, 1.54) is 64.2 Å². The minimum atomic E-state index is -0.260. The Bertz CT molecular complexity index is 330. The van der Waals surface area contributed by atoms with Gasteiger partial charge in [-0.25, -0.2) is 0 Å². The number of hydrogen-bond donors (Lipinski definition) is 0. The first kappa shape index (κ1) is 22.2. The van der Waals surface area contributed by atoms with Gasteiger partial charge >= 0.3 is 11.9 Å². The first-order valence-corrected chi connectivity index (χ1v) is 10.9. The molecule has 2 atom stereocenters. The third-order valence-electron chi connectivity index (χ3n) is 5.54. The van der Waals surface area contributed by atoms with E-state index in [1.807, 2.05) is 0 Å². The van der Waals surface area contributed by atoms with Gasteiger partial charge in [0.1, 0.15) is 0 Å². The second-order valence-electron chi connectivity index (χ2n) is 7.82. The molecule has 0 aromatic heterocycles. The fourth-order valence-electron chi connectivity index (χ4n) is 3.77. The summed E-state index contributed by atoms with van der Waals surface area (Å²) in [7, 11) is 0. The second-order valence-corrected chi connectivity index (χ2v) is 7.82. The monoisotopic (exact) mass is 352 g/mol. The van der Waals surface area contributed by atoms with Crippen LogP contribution in [0, 0.1) is 11.8 Å². The Kier molecular flexibility index (Phi) is 12.7. The molecule has 0 aromatic carbocycles. The molecule has 0 spiro atoms. The summed E-state index contributed by atoms with van der Waals surface area (Å²) in [5.74, 6) is -0.623. The Morgan fingerprint density at radius 3 is 1.40 bits per heavy atom. The molecule has 0 aliphatic carbocycles. The second kappa shape index (κ2) is 14.3. The minimum Gasteiger partial charge on any atom is -0.393 e. The van der Waals surface area contributed by atoms with Crippen LogP contribution in [0.15, 0.2) is 0 Å². The van der Waals surface area contributed by atoms with Crippen molar-refractivity contribution in [1.29, 1.82) is 0 Å². The Labute approximate surface area is 155 Å². The molecule has 0 N–H and O–H groups in total. The lowest BCUT2D eigenvalue weighted by atomic mass is 9.90. The van der Waals surface area contributed by atoms with Gasteiger partial charge in [-0.15, -0.1) is 0 Å². The molecule has 0 amide bonds. The maximum absolute atomic E-state index is 12.1. The highest BCUT2D eigenvalue weighted by Crippen LogP contribution is 2.28. The van der Waals surface area contributed by atoms with Gasteiger partial charge in [-0.1, -0.05) is 90.9 Å². The molecule has 1 fully saturated rings. The summed E-state index contributed by atoms with van der Waals surface area (Å²) in [4.78, 5) is 24.3. The summed E-state index contributed by atoms with van der Waals surface area (Å²) in [6.45, 7) is 4.44. The van der Waals surface area contributed by atoms with Crippen molar-refractivity contribution in [3.8, 4) is 0 Å². The van der Waals surface area contributed by atoms with Gasteiger partial charge in [0.2, 0.25) is 0 Å². The standard InChI is InChI=1S/C22H40O3/c1-3-5-7-9-11-13-15-19-17-18-20(22(24)25-21(19)23)16-14-12-10-8-6-4-2/h19-20H,3-18H2,1-2H3/t19-,20-/m0/s1. The van der Waals surface area contributed by atoms with Crippen LogP contribution in [0.5, 0.6) is 0 Å². The zero-order valence-corrected chi connectivity index (χ0v) is 16.7. The van der Waals surface area contributed by atoms with Crippen LogP contribution in [0.25, 0.3) is 0 Å². The Morgan fingerprint density at radius 1 is 0.640 bits per heavy atom. The van der Waals surface area contributed by atoms with Crippen LogP contribution in [0.1, 0.15) is 117 Å². The molecule has 3 nitrogen and oxygen atoms in total. The van der Waals surface area contributed by atoms with E-state index in [2.05, 4.69) is 13.8 Å². The third kappa shape index (κ3) is 10.0. The van der Waals surface area contributed by atoms with Crippen LogP contribution < -0.4 is 0 Å². The maximum atomic E-state index is 12.1. The lowest BCUT2D eigenvalue weighted by molar-refractivity contribution is -0.163. The fourth-order valence-corrected chi connectivity index (χ4v) is 3.77. The molecular formula is C22H40O3. The molecule has 0 saturated carbocycles. The summed E-state index contributed by atoms with van der Waals surface area (Å²) in [5.41, 5.74) is 0. The van der Waals surface area contributed by atoms with E-state index in [4.69, 9.17) is 4.74 Å². The van der Waals surface area contributed by atoms with Crippen molar-refractivity contribution in [3.63, 3.8) is 0 Å². The van der Waals surface area contributed by atoms with E-state index in [0.29, 0.717) is 0 Å². The molecule has 1 heterocycles. The van der Waals surface area contributed by atoms with Crippen LogP contribution in [0.3, 0.4) is 0 Å². The Balaban J connectivity index is 2.22. The van der Waals surface area contributed by atoms with Crippen LogP contribution in [-0.2, 0) is 14.3 Å². The quantitative estimate of drug-likeness (QED) is 0.201. The summed E-state index contributed by atoms with van der Waals surface area (Å²) in [6, 6.07) is 0. The molecule has 0 bridgehead atoms. The normalized spacial score (nSPS) is 21.2. The molecule has 146 valence electrons. The first-order valence-electron chi connectivity index (χ1n) is 10.9. The largest absolute Gasteiger partial charge is 0.393 e. The smallest absolute Gasteiger partial charge is 0.316 e. The summed E-state index contributed by atoms with van der Waals surface area (Å²) in [5, 5.41) is 0. The number of rotatable bonds is 14. The minimum absolute atomic E-state index is 0.0512. The maximum Gasteiger partial charge on any atom is 0.316 e. The van der Waals surface area contributed by atoms with Gasteiger partial charge in [0.15, 0.2) is 0 Å². The number of esters is 2. The van der Waals surface area contributed by atoms with Crippen molar-refractivity contribution in [2.24, 2.45) is 11.8 Å². The van der Waals surface area contributed by atoms with Crippen molar-refractivity contribution >= 4 is 11.9 Å². The highest BCUT2D eigenvalue weighted by molar-refractivity contribution is 5.88. The van der Waals surface area contributed by atoms with Crippen LogP contribution in [0.2, 0.25) is 0 Å². The van der Waals surface area contributed by atoms with Crippen LogP contribution >= 0.6 is 0 Å². The number of carbonyl (C=O) groups excluding carboxylic acids is 2. The van der Waals surface area contributed by atoms with Gasteiger partial charge in [0, 0.05) is 0 Å². The molecule has 1 saturated heterocycles. The lowest BCUT2D eigenvalue weighted by Gasteiger charge is -2.11. The average molecular weight is 353 g/mol. The molecule has 1 aliphatic rings. The first-order chi connectivity index (χ1) is 12.2. The van der Waals surface area contributed by atoms with Gasteiger partial charge in [0.05, 0.1) is 11.8 Å². The van der Waals surface area contributed by atoms with Crippen molar-refractivity contribution in [1.82, 2.24) is 0 Å². The van der Waals surface area contributed by atoms with Crippen molar-refractivity contribution in [3.05, 3.63) is 0 Å². The zero-order chi connectivity index (χ0) is 18.3. The highest BCUT2D eigenvalue weighted by atomic mass is 16.6. The molecule has 0 unspecified atom stereocenters. The molecule has 0 aromatic rings. The van der Waals surface area contributed by atoms with Gasteiger partial charge < -0.3 is 4.74 Å². The van der Waals surface area contributed by atoms with Crippen molar-refractivity contribution in [2.75, 3.05) is 0 Å². The molecule has 1 rings (SSSR count). The zero-order valence-electron chi connectivity index (χ0n) is 16.7. The molecule has 25 heavy (non-hydrogen) atoms. The van der Waals surface area contributed by atoms with Gasteiger partial charge in [-0.3, -0.25) is 9.59 Å².